The van der Waals surface area contributed by atoms with Gasteiger partial charge in [0.05, 0.1) is 0 Å². The normalized spacial score (nSPS) is 10.4. The van der Waals surface area contributed by atoms with Gasteiger partial charge in [0.15, 0.2) is 0 Å². The van der Waals surface area contributed by atoms with Crippen molar-refractivity contribution < 1.29 is 0 Å². The highest BCUT2D eigenvalue weighted by molar-refractivity contribution is 5.55. The maximum Gasteiger partial charge on any atom is 0.229 e. The Kier molecular flexibility index (Phi) is 5.01. The van der Waals surface area contributed by atoms with Crippen LogP contribution in [0.5, 0.6) is 0 Å². The fourth-order valence-corrected chi connectivity index (χ4v) is 2.35. The second-order valence-corrected chi connectivity index (χ2v) is 5.76. The van der Waals surface area contributed by atoms with Crippen LogP contribution in [0.25, 0.3) is 0 Å². The Morgan fingerprint density at radius 1 is 0.958 bits per heavy atom. The van der Waals surface area contributed by atoms with E-state index in [-0.39, 0.29) is 0 Å². The Bertz CT molecular complexity index is 771. The van der Waals surface area contributed by atoms with Crippen LogP contribution in [0.3, 0.4) is 0 Å². The number of likely N-dealkylation sites (N-methyl/N-ethyl adjacent to an activating group) is 1. The molecule has 3 aromatic rings. The van der Waals surface area contributed by atoms with Gasteiger partial charge >= 0.3 is 0 Å². The first-order chi connectivity index (χ1) is 11.7. The topological polar surface area (TPSA) is 53.9 Å². The Morgan fingerprint density at radius 3 is 2.46 bits per heavy atom. The van der Waals surface area contributed by atoms with Crippen molar-refractivity contribution in [2.24, 2.45) is 0 Å². The summed E-state index contributed by atoms with van der Waals surface area (Å²) >= 11 is 0. The molecule has 0 amide bonds. The molecule has 0 atom stereocenters. The molecule has 0 bridgehead atoms. The van der Waals surface area contributed by atoms with E-state index in [0.29, 0.717) is 5.95 Å². The number of pyridine rings is 1. The molecule has 0 aliphatic carbocycles. The van der Waals surface area contributed by atoms with Crippen LogP contribution in [0.2, 0.25) is 0 Å². The van der Waals surface area contributed by atoms with Crippen LogP contribution in [0.1, 0.15) is 11.1 Å². The van der Waals surface area contributed by atoms with Gasteiger partial charge in [-0.15, -0.1) is 0 Å². The van der Waals surface area contributed by atoms with Crippen LogP contribution in [0, 0.1) is 6.92 Å². The van der Waals surface area contributed by atoms with E-state index in [0.717, 1.165) is 24.5 Å². The molecule has 5 nitrogen and oxygen atoms in total. The maximum absolute atomic E-state index is 4.59. The first kappa shape index (κ1) is 15.9. The van der Waals surface area contributed by atoms with E-state index >= 15 is 0 Å². The average molecular weight is 319 g/mol. The maximum atomic E-state index is 4.59. The van der Waals surface area contributed by atoms with Gasteiger partial charge in [-0.25, -0.2) is 4.98 Å². The molecular weight excluding hydrogens is 298 g/mol. The monoisotopic (exact) mass is 319 g/mol. The minimum atomic E-state index is 0.604. The number of benzene rings is 1. The van der Waals surface area contributed by atoms with Crippen molar-refractivity contribution >= 4 is 17.5 Å². The molecule has 2 heterocycles. The van der Waals surface area contributed by atoms with Gasteiger partial charge in [0.1, 0.15) is 5.82 Å². The van der Waals surface area contributed by atoms with Gasteiger partial charge in [0.25, 0.3) is 0 Å². The molecule has 5 heteroatoms. The Hall–Kier alpha value is -2.95. The van der Waals surface area contributed by atoms with Crippen molar-refractivity contribution in [2.45, 2.75) is 13.3 Å². The van der Waals surface area contributed by atoms with Gasteiger partial charge in [-0.05, 0) is 49.2 Å². The van der Waals surface area contributed by atoms with Gasteiger partial charge in [-0.3, -0.25) is 4.98 Å². The SMILES string of the molecule is Cc1ccc(Nc2nccc(N(C)CCc3ccncc3)n2)cc1. The van der Waals surface area contributed by atoms with Crippen molar-refractivity contribution in [1.29, 1.82) is 0 Å². The molecule has 0 spiro atoms. The first-order valence-electron chi connectivity index (χ1n) is 7.97. The molecule has 0 fully saturated rings. The van der Waals surface area contributed by atoms with Crippen molar-refractivity contribution in [2.75, 3.05) is 23.8 Å². The van der Waals surface area contributed by atoms with Gasteiger partial charge in [0.2, 0.25) is 5.95 Å². The molecule has 0 unspecified atom stereocenters. The minimum absolute atomic E-state index is 0.604. The van der Waals surface area contributed by atoms with Gasteiger partial charge in [-0.1, -0.05) is 17.7 Å². The number of hydrogen-bond donors (Lipinski definition) is 1. The lowest BCUT2D eigenvalue weighted by atomic mass is 10.2. The van der Waals surface area contributed by atoms with Crippen LogP contribution < -0.4 is 10.2 Å². The highest BCUT2D eigenvalue weighted by atomic mass is 15.2. The van der Waals surface area contributed by atoms with Crippen LogP contribution in [-0.2, 0) is 6.42 Å². The number of anilines is 3. The van der Waals surface area contributed by atoms with E-state index in [1.54, 1.807) is 6.20 Å². The molecule has 0 saturated heterocycles. The summed E-state index contributed by atoms with van der Waals surface area (Å²) in [7, 11) is 2.04. The Labute approximate surface area is 142 Å². The summed E-state index contributed by atoms with van der Waals surface area (Å²) in [5.74, 6) is 1.50. The lowest BCUT2D eigenvalue weighted by Gasteiger charge is -2.18. The number of hydrogen-bond acceptors (Lipinski definition) is 5. The highest BCUT2D eigenvalue weighted by Crippen LogP contribution is 2.16. The van der Waals surface area contributed by atoms with Gasteiger partial charge in [-0.2, -0.15) is 4.98 Å². The average Bonchev–Trinajstić information content (AvgIpc) is 2.63. The molecule has 1 N–H and O–H groups in total. The van der Waals surface area contributed by atoms with E-state index in [4.69, 9.17) is 0 Å². The molecule has 24 heavy (non-hydrogen) atoms. The number of aromatic nitrogens is 3. The fourth-order valence-electron chi connectivity index (χ4n) is 2.35. The Morgan fingerprint density at radius 2 is 1.71 bits per heavy atom. The second-order valence-electron chi connectivity index (χ2n) is 5.76. The molecule has 0 saturated carbocycles. The largest absolute Gasteiger partial charge is 0.359 e. The van der Waals surface area contributed by atoms with Crippen molar-refractivity contribution in [3.8, 4) is 0 Å². The molecule has 122 valence electrons. The van der Waals surface area contributed by atoms with Gasteiger partial charge < -0.3 is 10.2 Å². The molecular formula is C19H21N5. The third-order valence-corrected chi connectivity index (χ3v) is 3.82. The summed E-state index contributed by atoms with van der Waals surface area (Å²) in [4.78, 5) is 15.1. The van der Waals surface area contributed by atoms with Crippen molar-refractivity contribution in [1.82, 2.24) is 15.0 Å². The standard InChI is InChI=1S/C19H21N5/c1-15-3-5-17(6-4-15)22-19-21-13-9-18(23-19)24(2)14-10-16-7-11-20-12-8-16/h3-9,11-13H,10,14H2,1-2H3,(H,21,22,23). The van der Waals surface area contributed by atoms with E-state index in [1.807, 2.05) is 49.8 Å². The van der Waals surface area contributed by atoms with E-state index in [2.05, 4.69) is 44.2 Å². The van der Waals surface area contributed by atoms with Crippen LogP contribution >= 0.6 is 0 Å². The summed E-state index contributed by atoms with van der Waals surface area (Å²) < 4.78 is 0. The third-order valence-electron chi connectivity index (χ3n) is 3.82. The van der Waals surface area contributed by atoms with Crippen molar-refractivity contribution in [3.63, 3.8) is 0 Å². The molecule has 1 aromatic carbocycles. The molecule has 0 radical (unpaired) electrons. The molecule has 3 rings (SSSR count). The molecule has 0 aliphatic rings. The summed E-state index contributed by atoms with van der Waals surface area (Å²) in [6.45, 7) is 2.95. The number of nitrogens with zero attached hydrogens (tertiary/aromatic N) is 4. The first-order valence-corrected chi connectivity index (χ1v) is 7.97. The van der Waals surface area contributed by atoms with E-state index in [9.17, 15) is 0 Å². The predicted molar refractivity (Wildman–Crippen MR) is 97.7 cm³/mol. The summed E-state index contributed by atoms with van der Waals surface area (Å²) in [5, 5.41) is 3.24. The van der Waals surface area contributed by atoms with Crippen LogP contribution in [0.15, 0.2) is 61.1 Å². The zero-order valence-electron chi connectivity index (χ0n) is 14.0. The lowest BCUT2D eigenvalue weighted by molar-refractivity contribution is 0.855. The number of nitrogens with one attached hydrogen (secondary N) is 1. The molecule has 0 aliphatic heterocycles. The third kappa shape index (κ3) is 4.29. The Balaban J connectivity index is 1.64. The molecule has 2 aromatic heterocycles. The van der Waals surface area contributed by atoms with Crippen LogP contribution in [-0.4, -0.2) is 28.5 Å². The smallest absolute Gasteiger partial charge is 0.229 e. The quantitative estimate of drug-likeness (QED) is 0.752. The highest BCUT2D eigenvalue weighted by Gasteiger charge is 2.05. The summed E-state index contributed by atoms with van der Waals surface area (Å²) in [6, 6.07) is 14.2. The van der Waals surface area contributed by atoms with Crippen LogP contribution in [0.4, 0.5) is 17.5 Å². The van der Waals surface area contributed by atoms with E-state index < -0.39 is 0 Å². The van der Waals surface area contributed by atoms with E-state index in [1.165, 1.54) is 11.1 Å². The fraction of sp³-hybridized carbons (Fsp3) is 0.211. The zero-order chi connectivity index (χ0) is 16.8. The zero-order valence-corrected chi connectivity index (χ0v) is 14.0. The van der Waals surface area contributed by atoms with Crippen molar-refractivity contribution in [3.05, 3.63) is 72.2 Å². The second kappa shape index (κ2) is 7.55. The lowest BCUT2D eigenvalue weighted by Crippen LogP contribution is -2.21. The van der Waals surface area contributed by atoms with Gasteiger partial charge in [0, 0.05) is 37.9 Å². The summed E-state index contributed by atoms with van der Waals surface area (Å²) in [5.41, 5.74) is 3.48. The minimum Gasteiger partial charge on any atom is -0.359 e. The predicted octanol–water partition coefficient (Wildman–Crippen LogP) is 3.60. The number of rotatable bonds is 6. The number of aryl methyl sites for hydroxylation is 1. The summed E-state index contributed by atoms with van der Waals surface area (Å²) in [6.07, 6.45) is 6.37.